The standard InChI is InChI=1S/C15H30N2O2/c1-3-4-13-17-15(19)12-10-8-6-5-7-9-11-14(18)16-2/h3-13H2,1-2H3,(H,16,18)(H,17,19). The molecule has 0 saturated heterocycles. The molecule has 4 nitrogen and oxygen atoms in total. The van der Waals surface area contributed by atoms with Gasteiger partial charge in [0.05, 0.1) is 0 Å². The normalized spacial score (nSPS) is 10.2. The van der Waals surface area contributed by atoms with E-state index in [4.69, 9.17) is 0 Å². The number of carbonyl (C=O) groups excluding carboxylic acids is 2. The molecule has 0 aromatic carbocycles. The Labute approximate surface area is 117 Å². The van der Waals surface area contributed by atoms with E-state index in [-0.39, 0.29) is 11.8 Å². The monoisotopic (exact) mass is 270 g/mol. The first kappa shape index (κ1) is 17.9. The molecule has 0 aliphatic heterocycles. The molecule has 0 unspecified atom stereocenters. The van der Waals surface area contributed by atoms with E-state index in [0.717, 1.165) is 57.9 Å². The molecule has 0 aromatic heterocycles. The lowest BCUT2D eigenvalue weighted by atomic mass is 10.1. The third-order valence-corrected chi connectivity index (χ3v) is 3.19. The summed E-state index contributed by atoms with van der Waals surface area (Å²) < 4.78 is 0. The van der Waals surface area contributed by atoms with Crippen LogP contribution < -0.4 is 10.6 Å². The predicted octanol–water partition coefficient (Wildman–Crippen LogP) is 2.77. The second-order valence-electron chi connectivity index (χ2n) is 5.00. The fourth-order valence-electron chi connectivity index (χ4n) is 1.90. The molecule has 19 heavy (non-hydrogen) atoms. The fourth-order valence-corrected chi connectivity index (χ4v) is 1.90. The van der Waals surface area contributed by atoms with Gasteiger partial charge in [0, 0.05) is 26.4 Å². The summed E-state index contributed by atoms with van der Waals surface area (Å²) in [6.45, 7) is 2.94. The van der Waals surface area contributed by atoms with E-state index in [2.05, 4.69) is 17.6 Å². The molecule has 0 saturated carbocycles. The van der Waals surface area contributed by atoms with Crippen LogP contribution in [-0.4, -0.2) is 25.4 Å². The van der Waals surface area contributed by atoms with Gasteiger partial charge in [0.15, 0.2) is 0 Å². The summed E-state index contributed by atoms with van der Waals surface area (Å²) in [5.41, 5.74) is 0. The van der Waals surface area contributed by atoms with Crippen LogP contribution in [0.3, 0.4) is 0 Å². The molecule has 112 valence electrons. The summed E-state index contributed by atoms with van der Waals surface area (Å²) in [5.74, 6) is 0.316. The number of hydrogen-bond donors (Lipinski definition) is 2. The SMILES string of the molecule is CCCCNC(=O)CCCCCCCCC(=O)NC. The molecule has 0 aliphatic rings. The Morgan fingerprint density at radius 2 is 1.32 bits per heavy atom. The van der Waals surface area contributed by atoms with Gasteiger partial charge in [-0.1, -0.05) is 39.0 Å². The van der Waals surface area contributed by atoms with Crippen LogP contribution in [0.2, 0.25) is 0 Å². The molecule has 2 amide bonds. The number of carbonyl (C=O) groups is 2. The van der Waals surface area contributed by atoms with E-state index in [1.54, 1.807) is 7.05 Å². The van der Waals surface area contributed by atoms with E-state index in [0.29, 0.717) is 12.8 Å². The summed E-state index contributed by atoms with van der Waals surface area (Å²) in [4.78, 5) is 22.4. The summed E-state index contributed by atoms with van der Waals surface area (Å²) in [6, 6.07) is 0. The van der Waals surface area contributed by atoms with Gasteiger partial charge in [-0.25, -0.2) is 0 Å². The third-order valence-electron chi connectivity index (χ3n) is 3.19. The van der Waals surface area contributed by atoms with Crippen molar-refractivity contribution in [3.63, 3.8) is 0 Å². The van der Waals surface area contributed by atoms with E-state index in [1.807, 2.05) is 0 Å². The first-order chi connectivity index (χ1) is 9.20. The predicted molar refractivity (Wildman–Crippen MR) is 78.9 cm³/mol. The highest BCUT2D eigenvalue weighted by Gasteiger charge is 2.00. The van der Waals surface area contributed by atoms with Crippen molar-refractivity contribution < 1.29 is 9.59 Å². The topological polar surface area (TPSA) is 58.2 Å². The minimum atomic E-state index is 0.128. The van der Waals surface area contributed by atoms with E-state index < -0.39 is 0 Å². The lowest BCUT2D eigenvalue weighted by Crippen LogP contribution is -2.23. The maximum absolute atomic E-state index is 11.4. The maximum atomic E-state index is 11.4. The highest BCUT2D eigenvalue weighted by atomic mass is 16.2. The van der Waals surface area contributed by atoms with E-state index in [9.17, 15) is 9.59 Å². The summed E-state index contributed by atoms with van der Waals surface area (Å²) >= 11 is 0. The Morgan fingerprint density at radius 1 is 0.789 bits per heavy atom. The zero-order valence-corrected chi connectivity index (χ0v) is 12.6. The quantitative estimate of drug-likeness (QED) is 0.536. The minimum Gasteiger partial charge on any atom is -0.359 e. The molecule has 0 atom stereocenters. The Morgan fingerprint density at radius 3 is 1.84 bits per heavy atom. The molecule has 0 heterocycles. The first-order valence-electron chi connectivity index (χ1n) is 7.68. The molecule has 4 heteroatoms. The zero-order valence-electron chi connectivity index (χ0n) is 12.6. The molecule has 0 aromatic rings. The Balaban J connectivity index is 3.18. The molecule has 0 fully saturated rings. The Bertz CT molecular complexity index is 242. The number of amides is 2. The molecule has 0 aliphatic carbocycles. The Hall–Kier alpha value is -1.06. The third kappa shape index (κ3) is 13.2. The second kappa shape index (κ2) is 13.4. The smallest absolute Gasteiger partial charge is 0.219 e. The average molecular weight is 270 g/mol. The maximum Gasteiger partial charge on any atom is 0.219 e. The largest absolute Gasteiger partial charge is 0.359 e. The van der Waals surface area contributed by atoms with Gasteiger partial charge in [0.25, 0.3) is 0 Å². The van der Waals surface area contributed by atoms with Crippen LogP contribution in [0.1, 0.15) is 71.1 Å². The molecule has 0 radical (unpaired) electrons. The molecular weight excluding hydrogens is 240 g/mol. The van der Waals surface area contributed by atoms with Crippen LogP contribution in [0, 0.1) is 0 Å². The van der Waals surface area contributed by atoms with Crippen LogP contribution >= 0.6 is 0 Å². The van der Waals surface area contributed by atoms with Gasteiger partial charge in [0.1, 0.15) is 0 Å². The number of unbranched alkanes of at least 4 members (excludes halogenated alkanes) is 6. The number of nitrogens with one attached hydrogen (secondary N) is 2. The molecule has 0 spiro atoms. The van der Waals surface area contributed by atoms with Crippen LogP contribution in [0.5, 0.6) is 0 Å². The van der Waals surface area contributed by atoms with Gasteiger partial charge in [-0.2, -0.15) is 0 Å². The van der Waals surface area contributed by atoms with Crippen molar-refractivity contribution in [3.8, 4) is 0 Å². The van der Waals surface area contributed by atoms with Gasteiger partial charge in [-0.05, 0) is 19.3 Å². The van der Waals surface area contributed by atoms with E-state index in [1.165, 1.54) is 0 Å². The highest BCUT2D eigenvalue weighted by molar-refractivity contribution is 5.75. The van der Waals surface area contributed by atoms with Crippen LogP contribution in [0.15, 0.2) is 0 Å². The molecule has 0 bridgehead atoms. The number of hydrogen-bond acceptors (Lipinski definition) is 2. The molecule has 0 rings (SSSR count). The lowest BCUT2D eigenvalue weighted by molar-refractivity contribution is -0.121. The summed E-state index contributed by atoms with van der Waals surface area (Å²) in [7, 11) is 1.67. The van der Waals surface area contributed by atoms with Crippen LogP contribution in [0.4, 0.5) is 0 Å². The average Bonchev–Trinajstić information content (AvgIpc) is 2.41. The second-order valence-corrected chi connectivity index (χ2v) is 5.00. The fraction of sp³-hybridized carbons (Fsp3) is 0.867. The van der Waals surface area contributed by atoms with Crippen molar-refractivity contribution in [1.82, 2.24) is 10.6 Å². The summed E-state index contributed by atoms with van der Waals surface area (Å²) in [6.07, 6.45) is 9.97. The van der Waals surface area contributed by atoms with Crippen molar-refractivity contribution in [1.29, 1.82) is 0 Å². The molecular formula is C15H30N2O2. The lowest BCUT2D eigenvalue weighted by Gasteiger charge is -2.04. The number of rotatable bonds is 12. The minimum absolute atomic E-state index is 0.128. The van der Waals surface area contributed by atoms with Crippen molar-refractivity contribution in [2.75, 3.05) is 13.6 Å². The van der Waals surface area contributed by atoms with Gasteiger partial charge in [-0.15, -0.1) is 0 Å². The van der Waals surface area contributed by atoms with Crippen molar-refractivity contribution >= 4 is 11.8 Å². The first-order valence-corrected chi connectivity index (χ1v) is 7.68. The van der Waals surface area contributed by atoms with Crippen molar-refractivity contribution in [2.45, 2.75) is 71.1 Å². The van der Waals surface area contributed by atoms with Crippen LogP contribution in [0.25, 0.3) is 0 Å². The zero-order chi connectivity index (χ0) is 14.3. The van der Waals surface area contributed by atoms with Gasteiger partial charge in [0.2, 0.25) is 11.8 Å². The van der Waals surface area contributed by atoms with E-state index >= 15 is 0 Å². The summed E-state index contributed by atoms with van der Waals surface area (Å²) in [5, 5.41) is 5.56. The van der Waals surface area contributed by atoms with Crippen molar-refractivity contribution in [2.24, 2.45) is 0 Å². The van der Waals surface area contributed by atoms with Crippen molar-refractivity contribution in [3.05, 3.63) is 0 Å². The Kier molecular flexibility index (Phi) is 12.6. The van der Waals surface area contributed by atoms with Gasteiger partial charge in [-0.3, -0.25) is 9.59 Å². The van der Waals surface area contributed by atoms with Gasteiger partial charge < -0.3 is 10.6 Å². The van der Waals surface area contributed by atoms with Crippen LogP contribution in [-0.2, 0) is 9.59 Å². The molecule has 2 N–H and O–H groups in total. The van der Waals surface area contributed by atoms with Gasteiger partial charge >= 0.3 is 0 Å². The highest BCUT2D eigenvalue weighted by Crippen LogP contribution is 2.08.